The summed E-state index contributed by atoms with van der Waals surface area (Å²) in [5.41, 5.74) is 1.96. The molecule has 30 heavy (non-hydrogen) atoms. The van der Waals surface area contributed by atoms with Crippen molar-refractivity contribution in [3.8, 4) is 0 Å². The van der Waals surface area contributed by atoms with Crippen molar-refractivity contribution in [2.24, 2.45) is 0 Å². The third-order valence-corrected chi connectivity index (χ3v) is 5.90. The number of aliphatic hydroxyl groups excluding tert-OH is 1. The zero-order chi connectivity index (χ0) is 21.3. The third-order valence-electron chi connectivity index (χ3n) is 5.31. The SMILES string of the molecule is COC(=O)C1=C(Nc2ccc3c(c2)c(Br)nn3C2CCCCO2)C(=O)N(CCO)C1. The highest BCUT2D eigenvalue weighted by molar-refractivity contribution is 9.10. The average molecular weight is 479 g/mol. The standard InChI is InChI=1S/C20H23BrN4O5/c1-29-20(28)14-11-24(7-8-26)19(27)17(14)22-12-5-6-15-13(10-12)18(21)23-25(15)16-4-2-3-9-30-16/h5-6,10,16,22,26H,2-4,7-9,11H2,1H3. The minimum absolute atomic E-state index is 0.0940. The number of fused-ring (bicyclic) bond motifs is 1. The maximum Gasteiger partial charge on any atom is 0.337 e. The highest BCUT2D eigenvalue weighted by atomic mass is 79.9. The van der Waals surface area contributed by atoms with Gasteiger partial charge in [0, 0.05) is 24.2 Å². The summed E-state index contributed by atoms with van der Waals surface area (Å²) < 4.78 is 13.2. The van der Waals surface area contributed by atoms with E-state index < -0.39 is 5.97 Å². The molecule has 1 atom stereocenters. The molecule has 10 heteroatoms. The van der Waals surface area contributed by atoms with Crippen LogP contribution >= 0.6 is 15.9 Å². The number of carbonyl (C=O) groups is 2. The van der Waals surface area contributed by atoms with Gasteiger partial charge in [-0.05, 0) is 53.4 Å². The Labute approximate surface area is 181 Å². The van der Waals surface area contributed by atoms with Gasteiger partial charge in [0.1, 0.15) is 10.3 Å². The number of anilines is 1. The number of ether oxygens (including phenoxy) is 2. The molecule has 9 nitrogen and oxygen atoms in total. The van der Waals surface area contributed by atoms with E-state index in [0.717, 1.165) is 36.8 Å². The number of β-amino-alcohol motifs (C(OH)–C–C–N with tert-alkyl or cyclic N) is 1. The molecule has 2 aromatic rings. The molecule has 160 valence electrons. The van der Waals surface area contributed by atoms with Crippen LogP contribution in [-0.2, 0) is 19.1 Å². The molecule has 1 amide bonds. The van der Waals surface area contributed by atoms with Gasteiger partial charge in [-0.15, -0.1) is 0 Å². The zero-order valence-corrected chi connectivity index (χ0v) is 18.1. The van der Waals surface area contributed by atoms with Crippen LogP contribution in [0.2, 0.25) is 0 Å². The molecule has 0 spiro atoms. The van der Waals surface area contributed by atoms with Gasteiger partial charge >= 0.3 is 5.97 Å². The van der Waals surface area contributed by atoms with E-state index in [1.807, 2.05) is 22.9 Å². The minimum Gasteiger partial charge on any atom is -0.466 e. The van der Waals surface area contributed by atoms with Crippen molar-refractivity contribution in [3.05, 3.63) is 34.1 Å². The second-order valence-electron chi connectivity index (χ2n) is 7.21. The lowest BCUT2D eigenvalue weighted by molar-refractivity contribution is -0.136. The Bertz CT molecular complexity index is 1010. The van der Waals surface area contributed by atoms with Crippen LogP contribution in [0.4, 0.5) is 5.69 Å². The molecule has 4 rings (SSSR count). The summed E-state index contributed by atoms with van der Waals surface area (Å²) >= 11 is 3.52. The predicted octanol–water partition coefficient (Wildman–Crippen LogP) is 2.17. The van der Waals surface area contributed by atoms with Gasteiger partial charge in [-0.25, -0.2) is 9.48 Å². The molecule has 1 saturated heterocycles. The molecule has 2 N–H and O–H groups in total. The van der Waals surface area contributed by atoms with Crippen LogP contribution in [0.15, 0.2) is 34.1 Å². The maximum absolute atomic E-state index is 12.7. The number of carbonyl (C=O) groups excluding carboxylic acids is 2. The smallest absolute Gasteiger partial charge is 0.337 e. The number of hydrogen-bond acceptors (Lipinski definition) is 7. The van der Waals surface area contributed by atoms with E-state index in [4.69, 9.17) is 9.47 Å². The fourth-order valence-corrected chi connectivity index (χ4v) is 4.30. The average Bonchev–Trinajstić information content (AvgIpc) is 3.26. The lowest BCUT2D eigenvalue weighted by atomic mass is 10.1. The van der Waals surface area contributed by atoms with Gasteiger partial charge < -0.3 is 24.8 Å². The number of halogens is 1. The molecule has 0 bridgehead atoms. The minimum atomic E-state index is -0.573. The van der Waals surface area contributed by atoms with Gasteiger partial charge in [0.05, 0.1) is 31.4 Å². The van der Waals surface area contributed by atoms with Crippen LogP contribution in [0.25, 0.3) is 10.9 Å². The van der Waals surface area contributed by atoms with E-state index in [1.54, 1.807) is 0 Å². The summed E-state index contributed by atoms with van der Waals surface area (Å²) in [5.74, 6) is -0.925. The zero-order valence-electron chi connectivity index (χ0n) is 16.6. The number of hydrogen-bond donors (Lipinski definition) is 2. The van der Waals surface area contributed by atoms with Gasteiger partial charge in [0.2, 0.25) is 0 Å². The number of nitrogens with zero attached hydrogens (tertiary/aromatic N) is 3. The maximum atomic E-state index is 12.7. The van der Waals surface area contributed by atoms with Crippen LogP contribution < -0.4 is 5.32 Å². The Kier molecular flexibility index (Phi) is 6.07. The quantitative estimate of drug-likeness (QED) is 0.612. The number of aliphatic hydroxyl groups is 1. The molecule has 1 unspecified atom stereocenters. The second kappa shape index (κ2) is 8.75. The van der Waals surface area contributed by atoms with Crippen molar-refractivity contribution >= 4 is 44.4 Å². The molecule has 3 heterocycles. The van der Waals surface area contributed by atoms with E-state index in [2.05, 4.69) is 26.3 Å². The molecule has 1 aromatic heterocycles. The largest absolute Gasteiger partial charge is 0.466 e. The summed E-state index contributed by atoms with van der Waals surface area (Å²) in [5, 5.41) is 17.7. The van der Waals surface area contributed by atoms with Crippen molar-refractivity contribution in [1.82, 2.24) is 14.7 Å². The lowest BCUT2D eigenvalue weighted by Gasteiger charge is -2.23. The van der Waals surface area contributed by atoms with Gasteiger partial charge in [-0.1, -0.05) is 0 Å². The first-order valence-electron chi connectivity index (χ1n) is 9.81. The Balaban J connectivity index is 1.65. The van der Waals surface area contributed by atoms with Crippen LogP contribution in [-0.4, -0.2) is 65.1 Å². The van der Waals surface area contributed by atoms with E-state index >= 15 is 0 Å². The number of benzene rings is 1. The van der Waals surface area contributed by atoms with Crippen molar-refractivity contribution < 1.29 is 24.2 Å². The van der Waals surface area contributed by atoms with Crippen LogP contribution in [0.5, 0.6) is 0 Å². The van der Waals surface area contributed by atoms with Gasteiger partial charge in [0.25, 0.3) is 5.91 Å². The van der Waals surface area contributed by atoms with Gasteiger partial charge in [0.15, 0.2) is 6.23 Å². The van der Waals surface area contributed by atoms with Crippen LogP contribution in [0, 0.1) is 0 Å². The fraction of sp³-hybridized carbons (Fsp3) is 0.450. The monoisotopic (exact) mass is 478 g/mol. The number of aromatic nitrogens is 2. The molecule has 1 fully saturated rings. The lowest BCUT2D eigenvalue weighted by Crippen LogP contribution is -2.31. The second-order valence-corrected chi connectivity index (χ2v) is 7.96. The third kappa shape index (κ3) is 3.82. The highest BCUT2D eigenvalue weighted by Crippen LogP contribution is 2.33. The van der Waals surface area contributed by atoms with Crippen molar-refractivity contribution in [3.63, 3.8) is 0 Å². The van der Waals surface area contributed by atoms with Crippen molar-refractivity contribution in [2.75, 3.05) is 38.7 Å². The summed E-state index contributed by atoms with van der Waals surface area (Å²) in [7, 11) is 1.27. The summed E-state index contributed by atoms with van der Waals surface area (Å²) in [6.07, 6.45) is 2.97. The molecule has 0 radical (unpaired) electrons. The molecule has 0 aliphatic carbocycles. The Hall–Kier alpha value is -2.43. The normalized spacial score (nSPS) is 19.6. The van der Waals surface area contributed by atoms with E-state index in [-0.39, 0.29) is 43.1 Å². The first kappa shape index (κ1) is 20.8. The summed E-state index contributed by atoms with van der Waals surface area (Å²) in [6, 6.07) is 5.62. The topological polar surface area (TPSA) is 106 Å². The highest BCUT2D eigenvalue weighted by Gasteiger charge is 2.34. The number of rotatable bonds is 6. The molecule has 0 saturated carbocycles. The van der Waals surface area contributed by atoms with Crippen molar-refractivity contribution in [1.29, 1.82) is 0 Å². The molecular weight excluding hydrogens is 456 g/mol. The Morgan fingerprint density at radius 1 is 1.43 bits per heavy atom. The first-order valence-corrected chi connectivity index (χ1v) is 10.6. The van der Waals surface area contributed by atoms with E-state index in [9.17, 15) is 14.7 Å². The first-order chi connectivity index (χ1) is 14.5. The summed E-state index contributed by atoms with van der Waals surface area (Å²) in [6.45, 7) is 0.773. The van der Waals surface area contributed by atoms with Gasteiger partial charge in [-0.3, -0.25) is 4.79 Å². The molecule has 1 aromatic carbocycles. The molecule has 2 aliphatic heterocycles. The van der Waals surface area contributed by atoms with Crippen LogP contribution in [0.3, 0.4) is 0 Å². The van der Waals surface area contributed by atoms with E-state index in [1.165, 1.54) is 12.0 Å². The fourth-order valence-electron chi connectivity index (χ4n) is 3.81. The van der Waals surface area contributed by atoms with Gasteiger partial charge in [-0.2, -0.15) is 5.10 Å². The van der Waals surface area contributed by atoms with E-state index in [0.29, 0.717) is 10.3 Å². The number of amides is 1. The molecular formula is C20H23BrN4O5. The van der Waals surface area contributed by atoms with Crippen LogP contribution in [0.1, 0.15) is 25.5 Å². The number of esters is 1. The predicted molar refractivity (Wildman–Crippen MR) is 113 cm³/mol. The summed E-state index contributed by atoms with van der Waals surface area (Å²) in [4.78, 5) is 26.3. The number of methoxy groups -OCH3 is 1. The Morgan fingerprint density at radius 3 is 2.97 bits per heavy atom. The number of nitrogens with one attached hydrogen (secondary N) is 1. The Morgan fingerprint density at radius 2 is 2.27 bits per heavy atom. The van der Waals surface area contributed by atoms with Crippen molar-refractivity contribution in [2.45, 2.75) is 25.5 Å². The molecule has 2 aliphatic rings.